The summed E-state index contributed by atoms with van der Waals surface area (Å²) in [6, 6.07) is 0.867. The van der Waals surface area contributed by atoms with Crippen molar-refractivity contribution in [3.05, 3.63) is 0 Å². The number of nitrogens with zero attached hydrogens (tertiary/aromatic N) is 1. The van der Waals surface area contributed by atoms with E-state index in [2.05, 4.69) is 18.7 Å². The zero-order valence-electron chi connectivity index (χ0n) is 10.0. The van der Waals surface area contributed by atoms with Gasteiger partial charge in [-0.05, 0) is 59.0 Å². The SMILES string of the molecule is CC(C)OC1(C2CCN3CCCC23)CC1. The molecule has 3 aliphatic rings. The zero-order chi connectivity index (χ0) is 10.5. The monoisotopic (exact) mass is 209 g/mol. The third-order valence-corrected chi connectivity index (χ3v) is 4.49. The Morgan fingerprint density at radius 1 is 1.20 bits per heavy atom. The molecule has 3 rings (SSSR count). The van der Waals surface area contributed by atoms with Gasteiger partial charge < -0.3 is 4.74 Å². The summed E-state index contributed by atoms with van der Waals surface area (Å²) in [4.78, 5) is 2.70. The largest absolute Gasteiger partial charge is 0.372 e. The molecule has 2 heteroatoms. The van der Waals surface area contributed by atoms with Gasteiger partial charge in [-0.15, -0.1) is 0 Å². The summed E-state index contributed by atoms with van der Waals surface area (Å²) in [5, 5.41) is 0. The Morgan fingerprint density at radius 2 is 2.00 bits per heavy atom. The first kappa shape index (κ1) is 10.1. The lowest BCUT2D eigenvalue weighted by molar-refractivity contribution is -0.0527. The molecule has 0 spiro atoms. The van der Waals surface area contributed by atoms with Crippen molar-refractivity contribution < 1.29 is 4.74 Å². The maximum atomic E-state index is 6.21. The molecule has 2 heterocycles. The molecule has 0 radical (unpaired) electrons. The van der Waals surface area contributed by atoms with Crippen LogP contribution in [0.2, 0.25) is 0 Å². The normalized spacial score (nSPS) is 38.6. The summed E-state index contributed by atoms with van der Waals surface area (Å²) in [6.45, 7) is 7.04. The molecule has 2 saturated heterocycles. The van der Waals surface area contributed by atoms with E-state index in [0.717, 1.165) is 12.0 Å². The fourth-order valence-electron chi connectivity index (χ4n) is 3.86. The zero-order valence-corrected chi connectivity index (χ0v) is 10.0. The van der Waals surface area contributed by atoms with Crippen molar-refractivity contribution in [2.45, 2.75) is 63.7 Å². The highest BCUT2D eigenvalue weighted by molar-refractivity contribution is 5.09. The van der Waals surface area contributed by atoms with Crippen molar-refractivity contribution in [3.63, 3.8) is 0 Å². The van der Waals surface area contributed by atoms with Gasteiger partial charge in [0.2, 0.25) is 0 Å². The maximum Gasteiger partial charge on any atom is 0.0731 e. The van der Waals surface area contributed by atoms with E-state index in [9.17, 15) is 0 Å². The molecule has 1 aliphatic carbocycles. The highest BCUT2D eigenvalue weighted by atomic mass is 16.5. The molecule has 0 aromatic heterocycles. The van der Waals surface area contributed by atoms with Crippen LogP contribution in [0.4, 0.5) is 0 Å². The van der Waals surface area contributed by atoms with Gasteiger partial charge in [0.25, 0.3) is 0 Å². The third-order valence-electron chi connectivity index (χ3n) is 4.49. The number of ether oxygens (including phenoxy) is 1. The van der Waals surface area contributed by atoms with E-state index in [1.807, 2.05) is 0 Å². The van der Waals surface area contributed by atoms with Gasteiger partial charge in [0.05, 0.1) is 11.7 Å². The van der Waals surface area contributed by atoms with Gasteiger partial charge in [-0.3, -0.25) is 4.90 Å². The van der Waals surface area contributed by atoms with Crippen LogP contribution in [0.5, 0.6) is 0 Å². The molecular formula is C13H23NO. The minimum absolute atomic E-state index is 0.303. The second kappa shape index (κ2) is 3.46. The van der Waals surface area contributed by atoms with E-state index in [-0.39, 0.29) is 0 Å². The summed E-state index contributed by atoms with van der Waals surface area (Å²) in [5.74, 6) is 0.849. The van der Waals surface area contributed by atoms with Gasteiger partial charge in [0.15, 0.2) is 0 Å². The van der Waals surface area contributed by atoms with Crippen LogP contribution in [0.25, 0.3) is 0 Å². The molecule has 2 atom stereocenters. The average molecular weight is 209 g/mol. The fraction of sp³-hybridized carbons (Fsp3) is 1.00. The summed E-state index contributed by atoms with van der Waals surface area (Å²) >= 11 is 0. The summed E-state index contributed by atoms with van der Waals surface area (Å²) in [5.41, 5.74) is 0.303. The number of fused-ring (bicyclic) bond motifs is 1. The molecule has 15 heavy (non-hydrogen) atoms. The quantitative estimate of drug-likeness (QED) is 0.708. The second-order valence-corrected chi connectivity index (χ2v) is 5.87. The van der Waals surface area contributed by atoms with Gasteiger partial charge in [-0.2, -0.15) is 0 Å². The molecule has 86 valence electrons. The highest BCUT2D eigenvalue weighted by Crippen LogP contribution is 2.53. The molecule has 0 N–H and O–H groups in total. The Kier molecular flexibility index (Phi) is 2.33. The van der Waals surface area contributed by atoms with E-state index in [1.54, 1.807) is 0 Å². The van der Waals surface area contributed by atoms with E-state index in [0.29, 0.717) is 11.7 Å². The van der Waals surface area contributed by atoms with Crippen LogP contribution in [0.3, 0.4) is 0 Å². The molecule has 2 unspecified atom stereocenters. The van der Waals surface area contributed by atoms with Gasteiger partial charge in [0.1, 0.15) is 0 Å². The first-order valence-electron chi connectivity index (χ1n) is 6.63. The molecule has 0 aromatic carbocycles. The van der Waals surface area contributed by atoms with Gasteiger partial charge in [-0.25, -0.2) is 0 Å². The molecular weight excluding hydrogens is 186 g/mol. The van der Waals surface area contributed by atoms with E-state index >= 15 is 0 Å². The third kappa shape index (κ3) is 1.62. The second-order valence-electron chi connectivity index (χ2n) is 5.87. The minimum Gasteiger partial charge on any atom is -0.372 e. The molecule has 0 bridgehead atoms. The van der Waals surface area contributed by atoms with E-state index < -0.39 is 0 Å². The minimum atomic E-state index is 0.303. The van der Waals surface area contributed by atoms with E-state index in [1.165, 1.54) is 45.2 Å². The summed E-state index contributed by atoms with van der Waals surface area (Å²) < 4.78 is 6.21. The Hall–Kier alpha value is -0.0800. The van der Waals surface area contributed by atoms with Crippen LogP contribution in [-0.4, -0.2) is 35.7 Å². The van der Waals surface area contributed by atoms with Crippen LogP contribution in [0, 0.1) is 5.92 Å². The smallest absolute Gasteiger partial charge is 0.0731 e. The van der Waals surface area contributed by atoms with Gasteiger partial charge in [-0.1, -0.05) is 0 Å². The van der Waals surface area contributed by atoms with Gasteiger partial charge >= 0.3 is 0 Å². The number of hydrogen-bond donors (Lipinski definition) is 0. The van der Waals surface area contributed by atoms with Crippen LogP contribution in [0.15, 0.2) is 0 Å². The standard InChI is InChI=1S/C13H23NO/c1-10(2)15-13(6-7-13)11-5-9-14-8-3-4-12(11)14/h10-12H,3-9H2,1-2H3. The first-order chi connectivity index (χ1) is 7.21. The molecule has 3 fully saturated rings. The molecule has 0 amide bonds. The molecule has 2 nitrogen and oxygen atoms in total. The fourth-order valence-corrected chi connectivity index (χ4v) is 3.86. The first-order valence-corrected chi connectivity index (χ1v) is 6.63. The predicted molar refractivity (Wildman–Crippen MR) is 60.9 cm³/mol. The van der Waals surface area contributed by atoms with Crippen LogP contribution >= 0.6 is 0 Å². The Bertz CT molecular complexity index is 247. The van der Waals surface area contributed by atoms with Crippen LogP contribution in [0.1, 0.15) is 46.0 Å². The molecule has 1 saturated carbocycles. The Labute approximate surface area is 93.0 Å². The lowest BCUT2D eigenvalue weighted by atomic mass is 9.90. The Morgan fingerprint density at radius 3 is 2.67 bits per heavy atom. The van der Waals surface area contributed by atoms with E-state index in [4.69, 9.17) is 4.74 Å². The maximum absolute atomic E-state index is 6.21. The van der Waals surface area contributed by atoms with Crippen molar-refractivity contribution in [2.75, 3.05) is 13.1 Å². The van der Waals surface area contributed by atoms with Crippen LogP contribution < -0.4 is 0 Å². The van der Waals surface area contributed by atoms with Crippen molar-refractivity contribution in [2.24, 2.45) is 5.92 Å². The number of hydrogen-bond acceptors (Lipinski definition) is 2. The van der Waals surface area contributed by atoms with Crippen molar-refractivity contribution >= 4 is 0 Å². The van der Waals surface area contributed by atoms with Crippen molar-refractivity contribution in [3.8, 4) is 0 Å². The highest BCUT2D eigenvalue weighted by Gasteiger charge is 2.57. The lowest BCUT2D eigenvalue weighted by Gasteiger charge is -2.30. The van der Waals surface area contributed by atoms with Crippen LogP contribution in [-0.2, 0) is 4.74 Å². The number of rotatable bonds is 3. The predicted octanol–water partition coefficient (Wildman–Crippen LogP) is 2.43. The Balaban J connectivity index is 1.71. The summed E-state index contributed by atoms with van der Waals surface area (Å²) in [6.07, 6.45) is 7.27. The van der Waals surface area contributed by atoms with Crippen molar-refractivity contribution in [1.82, 2.24) is 4.90 Å². The summed E-state index contributed by atoms with van der Waals surface area (Å²) in [7, 11) is 0. The molecule has 0 aromatic rings. The molecule has 2 aliphatic heterocycles. The topological polar surface area (TPSA) is 12.5 Å². The lowest BCUT2D eigenvalue weighted by Crippen LogP contribution is -2.36. The van der Waals surface area contributed by atoms with Gasteiger partial charge in [0, 0.05) is 12.0 Å². The van der Waals surface area contributed by atoms with Crippen molar-refractivity contribution in [1.29, 1.82) is 0 Å². The average Bonchev–Trinajstić information content (AvgIpc) is 2.62.